The van der Waals surface area contributed by atoms with Crippen LogP contribution in [-0.2, 0) is 28.5 Å². The molecule has 3 aromatic rings. The number of ether oxygens (including phenoxy) is 3. The van der Waals surface area contributed by atoms with Crippen LogP contribution in [0.3, 0.4) is 0 Å². The number of hydrogen-bond donors (Lipinski definition) is 1. The van der Waals surface area contributed by atoms with Crippen LogP contribution in [0.1, 0.15) is 105 Å². The Morgan fingerprint density at radius 3 is 2.39 bits per heavy atom. The lowest BCUT2D eigenvalue weighted by Gasteiger charge is -2.29. The van der Waals surface area contributed by atoms with Crippen molar-refractivity contribution in [2.45, 2.75) is 97.5 Å². The zero-order valence-corrected chi connectivity index (χ0v) is 26.9. The number of benzene rings is 1. The van der Waals surface area contributed by atoms with Crippen LogP contribution in [0, 0.1) is 18.7 Å². The summed E-state index contributed by atoms with van der Waals surface area (Å²) in [7, 11) is 1.41. The van der Waals surface area contributed by atoms with Crippen molar-refractivity contribution in [2.75, 3.05) is 0 Å². The minimum Gasteiger partial charge on any atom is -0.446 e. The Labute approximate surface area is 265 Å². The van der Waals surface area contributed by atoms with E-state index in [4.69, 9.17) is 18.6 Å². The van der Waals surface area contributed by atoms with E-state index >= 15 is 0 Å². The van der Waals surface area contributed by atoms with Crippen LogP contribution in [0.5, 0.6) is 5.75 Å². The van der Waals surface area contributed by atoms with Crippen LogP contribution in [0.2, 0.25) is 0 Å². The second-order valence-electron chi connectivity index (χ2n) is 12.2. The first-order valence-corrected chi connectivity index (χ1v) is 15.3. The summed E-state index contributed by atoms with van der Waals surface area (Å²) in [6, 6.07) is 5.69. The van der Waals surface area contributed by atoms with Gasteiger partial charge in [-0.25, -0.2) is 14.2 Å². The number of hydrogen-bond acceptors (Lipinski definition) is 11. The first-order chi connectivity index (χ1) is 21.7. The number of carbonyl (C=O) groups is 3. The van der Waals surface area contributed by atoms with Crippen molar-refractivity contribution in [3.8, 4) is 5.75 Å². The largest absolute Gasteiger partial charge is 0.511 e. The molecule has 0 spiro atoms. The zero-order chi connectivity index (χ0) is 33.6. The summed E-state index contributed by atoms with van der Waals surface area (Å²) in [6.07, 6.45) is 2.08. The Bertz CT molecular complexity index is 1610. The van der Waals surface area contributed by atoms with Gasteiger partial charge in [-0.2, -0.15) is 0 Å². The van der Waals surface area contributed by atoms with Crippen LogP contribution < -0.4 is 15.6 Å². The standard InChI is InChI=1S/C32H40FN5O8/c1-18(2)29(46-31(42)44-22-10-8-7-9-11-22)45-25-24(23(39)17-14-20-12-15-21(33)16-13-20)34-30(38(6)28(25)41)32(4,5)35-26(40)27-37-36-19(3)43-27/h12-13,15-16,18,22,29H,7-11,14,17H2,1-6H3,(H,35,40). The molecule has 2 heterocycles. The second-order valence-corrected chi connectivity index (χ2v) is 12.2. The van der Waals surface area contributed by atoms with Gasteiger partial charge in [-0.1, -0.05) is 32.4 Å². The van der Waals surface area contributed by atoms with Gasteiger partial charge in [-0.05, 0) is 63.6 Å². The molecule has 0 bridgehead atoms. The molecule has 14 heteroatoms. The first kappa shape index (κ1) is 34.3. The lowest BCUT2D eigenvalue weighted by molar-refractivity contribution is -0.0994. The van der Waals surface area contributed by atoms with Crippen molar-refractivity contribution in [1.82, 2.24) is 25.1 Å². The van der Waals surface area contributed by atoms with E-state index < -0.39 is 52.7 Å². The fourth-order valence-electron chi connectivity index (χ4n) is 5.10. The third-order valence-corrected chi connectivity index (χ3v) is 7.58. The maximum absolute atomic E-state index is 13.9. The number of amides is 1. The molecular formula is C32H40FN5O8. The molecule has 2 aromatic heterocycles. The van der Waals surface area contributed by atoms with Gasteiger partial charge >= 0.3 is 18.0 Å². The van der Waals surface area contributed by atoms with Gasteiger partial charge in [0, 0.05) is 26.3 Å². The van der Waals surface area contributed by atoms with Gasteiger partial charge in [-0.15, -0.1) is 10.2 Å². The normalized spacial score (nSPS) is 14.5. The molecule has 13 nitrogen and oxygen atoms in total. The predicted molar refractivity (Wildman–Crippen MR) is 162 cm³/mol. The molecule has 0 saturated heterocycles. The molecule has 0 aliphatic heterocycles. The molecule has 46 heavy (non-hydrogen) atoms. The Morgan fingerprint density at radius 1 is 1.11 bits per heavy atom. The maximum atomic E-state index is 13.9. The number of nitrogens with one attached hydrogen (secondary N) is 1. The number of ketones is 1. The number of nitrogens with zero attached hydrogens (tertiary/aromatic N) is 4. The average molecular weight is 642 g/mol. The molecule has 1 atom stereocenters. The summed E-state index contributed by atoms with van der Waals surface area (Å²) < 4.78 is 36.8. The van der Waals surface area contributed by atoms with Gasteiger partial charge in [0.05, 0.1) is 5.54 Å². The van der Waals surface area contributed by atoms with Crippen LogP contribution in [0.4, 0.5) is 9.18 Å². The van der Waals surface area contributed by atoms with Crippen molar-refractivity contribution in [3.63, 3.8) is 0 Å². The minimum atomic E-state index is -1.32. The summed E-state index contributed by atoms with van der Waals surface area (Å²) in [5, 5.41) is 10.1. The van der Waals surface area contributed by atoms with Crippen LogP contribution >= 0.6 is 0 Å². The van der Waals surface area contributed by atoms with Crippen molar-refractivity contribution in [1.29, 1.82) is 0 Å². The Kier molecular flexibility index (Phi) is 10.9. The maximum Gasteiger partial charge on any atom is 0.511 e. The summed E-state index contributed by atoms with van der Waals surface area (Å²) in [5.41, 5.74) is -1.69. The van der Waals surface area contributed by atoms with Crippen molar-refractivity contribution in [2.24, 2.45) is 13.0 Å². The van der Waals surface area contributed by atoms with E-state index in [1.165, 1.54) is 26.1 Å². The minimum absolute atomic E-state index is 0.0262. The lowest BCUT2D eigenvalue weighted by atomic mass is 9.98. The van der Waals surface area contributed by atoms with E-state index in [2.05, 4.69) is 20.5 Å². The third kappa shape index (κ3) is 8.55. The summed E-state index contributed by atoms with van der Waals surface area (Å²) in [4.78, 5) is 57.7. The van der Waals surface area contributed by atoms with E-state index in [9.17, 15) is 23.6 Å². The van der Waals surface area contributed by atoms with E-state index in [1.54, 1.807) is 39.8 Å². The van der Waals surface area contributed by atoms with Gasteiger partial charge in [0.2, 0.25) is 11.6 Å². The highest BCUT2D eigenvalue weighted by Crippen LogP contribution is 2.26. The molecule has 1 fully saturated rings. The fraction of sp³-hybridized carbons (Fsp3) is 0.531. The highest BCUT2D eigenvalue weighted by Gasteiger charge is 2.35. The van der Waals surface area contributed by atoms with Crippen molar-refractivity contribution in [3.05, 3.63) is 69.3 Å². The van der Waals surface area contributed by atoms with Crippen LogP contribution in [0.25, 0.3) is 0 Å². The Hall–Kier alpha value is -4.62. The highest BCUT2D eigenvalue weighted by molar-refractivity contribution is 5.97. The van der Waals surface area contributed by atoms with Crippen LogP contribution in [0.15, 0.2) is 33.5 Å². The van der Waals surface area contributed by atoms with E-state index in [-0.39, 0.29) is 42.2 Å². The number of aryl methyl sites for hydroxylation is 2. The number of rotatable bonds is 12. The van der Waals surface area contributed by atoms with Crippen molar-refractivity contribution >= 4 is 17.8 Å². The summed E-state index contributed by atoms with van der Waals surface area (Å²) in [5.74, 6) is -2.62. The molecule has 4 rings (SSSR count). The lowest BCUT2D eigenvalue weighted by Crippen LogP contribution is -2.46. The molecule has 1 unspecified atom stereocenters. The van der Waals surface area contributed by atoms with E-state index in [0.29, 0.717) is 5.56 Å². The topological polar surface area (TPSA) is 165 Å². The van der Waals surface area contributed by atoms with Gasteiger partial charge in [0.25, 0.3) is 11.8 Å². The van der Waals surface area contributed by atoms with Gasteiger partial charge in [-0.3, -0.25) is 19.0 Å². The quantitative estimate of drug-likeness (QED) is 0.162. The molecule has 1 amide bonds. The van der Waals surface area contributed by atoms with Crippen LogP contribution in [-0.4, -0.2) is 50.0 Å². The third-order valence-electron chi connectivity index (χ3n) is 7.58. The van der Waals surface area contributed by atoms with E-state index in [1.807, 2.05) is 0 Å². The SMILES string of the molecule is Cc1nnc(C(=O)NC(C)(C)c2nc(C(=O)CCc3ccc(F)cc3)c(OC(OC(=O)OC3CCCCC3)C(C)C)c(=O)n2C)o1. The average Bonchev–Trinajstić information content (AvgIpc) is 3.45. The smallest absolute Gasteiger partial charge is 0.446 e. The van der Waals surface area contributed by atoms with E-state index in [0.717, 1.165) is 36.7 Å². The number of carbonyl (C=O) groups excluding carboxylic acids is 3. The number of Topliss-reactive ketones (excluding diaryl/α,β-unsaturated/α-hetero) is 1. The molecule has 1 aliphatic rings. The van der Waals surface area contributed by atoms with Gasteiger partial charge in [0.1, 0.15) is 17.7 Å². The highest BCUT2D eigenvalue weighted by atomic mass is 19.1. The predicted octanol–water partition coefficient (Wildman–Crippen LogP) is 4.94. The molecule has 1 N–H and O–H groups in total. The number of aromatic nitrogens is 4. The molecule has 0 radical (unpaired) electrons. The summed E-state index contributed by atoms with van der Waals surface area (Å²) in [6.45, 7) is 8.15. The zero-order valence-electron chi connectivity index (χ0n) is 26.9. The fourth-order valence-corrected chi connectivity index (χ4v) is 5.10. The van der Waals surface area contributed by atoms with Crippen molar-refractivity contribution < 1.29 is 37.4 Å². The molecule has 1 saturated carbocycles. The molecular weight excluding hydrogens is 601 g/mol. The van der Waals surface area contributed by atoms with Gasteiger partial charge < -0.3 is 23.9 Å². The molecule has 248 valence electrons. The monoisotopic (exact) mass is 641 g/mol. The first-order valence-electron chi connectivity index (χ1n) is 15.3. The Balaban J connectivity index is 1.67. The summed E-state index contributed by atoms with van der Waals surface area (Å²) >= 11 is 0. The van der Waals surface area contributed by atoms with Gasteiger partial charge in [0.15, 0.2) is 11.5 Å². The molecule has 1 aliphatic carbocycles. The Morgan fingerprint density at radius 2 is 1.78 bits per heavy atom. The molecule has 1 aromatic carbocycles. The number of halogens is 1. The second kappa shape index (κ2) is 14.6.